The average molecular weight is 819 g/mol. The van der Waals surface area contributed by atoms with Crippen molar-refractivity contribution in [3.05, 3.63) is 65.2 Å². The van der Waals surface area contributed by atoms with E-state index < -0.39 is 35.6 Å². The third-order valence-electron chi connectivity index (χ3n) is 13.0. The van der Waals surface area contributed by atoms with E-state index in [0.717, 1.165) is 94.2 Å². The lowest BCUT2D eigenvalue weighted by atomic mass is 9.92. The third kappa shape index (κ3) is 7.59. The summed E-state index contributed by atoms with van der Waals surface area (Å²) in [6.45, 7) is 7.41. The zero-order chi connectivity index (χ0) is 41.7. The van der Waals surface area contributed by atoms with E-state index in [1.165, 1.54) is 0 Å². The number of piperidine rings is 3. The molecule has 5 saturated heterocycles. The van der Waals surface area contributed by atoms with Crippen molar-refractivity contribution < 1.29 is 28.8 Å². The quantitative estimate of drug-likeness (QED) is 0.251. The number of aromatic nitrogens is 3. The second-order valence-electron chi connectivity index (χ2n) is 16.9. The number of imide groups is 2. The number of carbonyl (C=O) groups excluding carboxylic acids is 6. The lowest BCUT2D eigenvalue weighted by Crippen LogP contribution is -2.54. The van der Waals surface area contributed by atoms with Gasteiger partial charge in [0.15, 0.2) is 11.5 Å². The first kappa shape index (κ1) is 39.3. The number of pyridine rings is 1. The predicted octanol–water partition coefficient (Wildman–Crippen LogP) is 2.16. The molecule has 9 rings (SSSR count). The number of urea groups is 1. The van der Waals surface area contributed by atoms with Gasteiger partial charge in [-0.15, -0.1) is 0 Å². The zero-order valence-corrected chi connectivity index (χ0v) is 33.7. The molecule has 1 aromatic carbocycles. The van der Waals surface area contributed by atoms with E-state index in [9.17, 15) is 28.8 Å². The van der Waals surface area contributed by atoms with Gasteiger partial charge in [-0.2, -0.15) is 0 Å². The largest absolute Gasteiger partial charge is 0.371 e. The normalized spacial score (nSPS) is 24.1. The lowest BCUT2D eigenvalue weighted by molar-refractivity contribution is -0.136. The van der Waals surface area contributed by atoms with Crippen molar-refractivity contribution in [2.24, 2.45) is 11.7 Å². The topological polar surface area (TPSA) is 211 Å². The van der Waals surface area contributed by atoms with Crippen LogP contribution >= 0.6 is 0 Å². The number of anilines is 4. The SMILES string of the molecule is CN1CCN([C@@H]2CCCN(c3cnc(C(N)=O)c(Nc4ccc(C5CCN(C[C@H]6CCN(c7ccc8c(c7)C(=O)N([C@@H]7CCC(=O)NC7=O)C8=O)C6)CC5)nc4)n3)C2)C1=O. The summed E-state index contributed by atoms with van der Waals surface area (Å²) in [5.74, 6) is -1.02. The van der Waals surface area contributed by atoms with Crippen molar-refractivity contribution in [1.29, 1.82) is 0 Å². The highest BCUT2D eigenvalue weighted by Gasteiger charge is 2.45. The van der Waals surface area contributed by atoms with E-state index in [-0.39, 0.29) is 42.0 Å². The molecule has 6 aliphatic rings. The highest BCUT2D eigenvalue weighted by molar-refractivity contribution is 6.23. The minimum absolute atomic E-state index is 0.0442. The summed E-state index contributed by atoms with van der Waals surface area (Å²) in [7, 11) is 1.83. The van der Waals surface area contributed by atoms with Crippen LogP contribution in [0.15, 0.2) is 42.7 Å². The molecule has 5 fully saturated rings. The van der Waals surface area contributed by atoms with E-state index in [0.29, 0.717) is 42.0 Å². The molecule has 3 aromatic rings. The fourth-order valence-electron chi connectivity index (χ4n) is 9.73. The van der Waals surface area contributed by atoms with Gasteiger partial charge in [-0.25, -0.2) is 14.8 Å². The van der Waals surface area contributed by atoms with Crippen LogP contribution in [-0.2, 0) is 9.59 Å². The molecular weight excluding hydrogens is 769 g/mol. The molecule has 0 radical (unpaired) electrons. The molecular formula is C42H50N12O6. The summed E-state index contributed by atoms with van der Waals surface area (Å²) in [4.78, 5) is 101. The molecule has 4 N–H and O–H groups in total. The van der Waals surface area contributed by atoms with Gasteiger partial charge < -0.3 is 35.6 Å². The monoisotopic (exact) mass is 818 g/mol. The highest BCUT2D eigenvalue weighted by atomic mass is 16.2. The summed E-state index contributed by atoms with van der Waals surface area (Å²) in [6, 6.07) is 8.46. The van der Waals surface area contributed by atoms with Gasteiger partial charge in [0.2, 0.25) is 11.8 Å². The van der Waals surface area contributed by atoms with Crippen LogP contribution in [0.3, 0.4) is 0 Å². The van der Waals surface area contributed by atoms with Gasteiger partial charge in [-0.3, -0.25) is 39.2 Å². The summed E-state index contributed by atoms with van der Waals surface area (Å²) in [5.41, 5.74) is 8.91. The van der Waals surface area contributed by atoms with Gasteiger partial charge in [0, 0.05) is 76.6 Å². The minimum Gasteiger partial charge on any atom is -0.371 e. The molecule has 7 amide bonds. The van der Waals surface area contributed by atoms with Crippen LogP contribution < -0.4 is 26.2 Å². The van der Waals surface area contributed by atoms with E-state index >= 15 is 0 Å². The Bertz CT molecular complexity index is 2230. The first-order chi connectivity index (χ1) is 29.0. The summed E-state index contributed by atoms with van der Waals surface area (Å²) in [6.07, 6.45) is 8.36. The molecule has 8 heterocycles. The number of amides is 7. The average Bonchev–Trinajstić information content (AvgIpc) is 3.93. The van der Waals surface area contributed by atoms with Crippen LogP contribution in [0, 0.1) is 5.92 Å². The van der Waals surface area contributed by atoms with Crippen LogP contribution in [0.5, 0.6) is 0 Å². The van der Waals surface area contributed by atoms with E-state index in [1.807, 2.05) is 30.1 Å². The number of carbonyl (C=O) groups is 6. The number of primary amides is 1. The molecule has 0 saturated carbocycles. The van der Waals surface area contributed by atoms with Crippen molar-refractivity contribution in [3.8, 4) is 0 Å². The number of nitrogens with zero attached hydrogens (tertiary/aromatic N) is 9. The standard InChI is InChI=1S/C42H50N12O6/c1-49-17-18-53(42(49)60)29-3-2-13-52(24-29)34-21-45-36(37(43)56)38(47-34)46-27-4-7-32(44-20-27)26-11-14-50(15-12-26)22-25-10-16-51(23-25)28-5-6-30-31(19-28)41(59)54(40(30)58)33-8-9-35(55)48-39(33)57/h4-7,19-21,25-26,29,33H,2-3,8-18,22-24H2,1H3,(H2,43,56)(H,46,47)(H,48,55,57)/t25-,29-,33-/m1/s1. The van der Waals surface area contributed by atoms with Gasteiger partial charge in [-0.1, -0.05) is 0 Å². The zero-order valence-electron chi connectivity index (χ0n) is 33.7. The number of likely N-dealkylation sites (N-methyl/N-ethyl adjacent to an activating group) is 1. The molecule has 6 aliphatic heterocycles. The van der Waals surface area contributed by atoms with Crippen molar-refractivity contribution in [2.45, 2.75) is 62.9 Å². The predicted molar refractivity (Wildman–Crippen MR) is 220 cm³/mol. The molecule has 3 atom stereocenters. The molecule has 0 aliphatic carbocycles. The second-order valence-corrected chi connectivity index (χ2v) is 16.9. The van der Waals surface area contributed by atoms with Crippen molar-refractivity contribution in [3.63, 3.8) is 0 Å². The van der Waals surface area contributed by atoms with Gasteiger partial charge in [0.25, 0.3) is 17.7 Å². The van der Waals surface area contributed by atoms with Crippen molar-refractivity contribution in [1.82, 2.24) is 39.9 Å². The number of nitrogens with two attached hydrogens (primary N) is 1. The number of rotatable bonds is 10. The smallest absolute Gasteiger partial charge is 0.320 e. The van der Waals surface area contributed by atoms with Gasteiger partial charge in [0.1, 0.15) is 11.9 Å². The van der Waals surface area contributed by atoms with Crippen LogP contribution in [-0.4, -0.2) is 148 Å². The number of likely N-dealkylation sites (tertiary alicyclic amines) is 1. The molecule has 0 unspecified atom stereocenters. The van der Waals surface area contributed by atoms with Crippen molar-refractivity contribution >= 4 is 58.6 Å². The Morgan fingerprint density at radius 1 is 0.850 bits per heavy atom. The van der Waals surface area contributed by atoms with E-state index in [1.54, 1.807) is 29.4 Å². The third-order valence-corrected chi connectivity index (χ3v) is 13.0. The van der Waals surface area contributed by atoms with Crippen LogP contribution in [0.4, 0.5) is 27.8 Å². The number of hydrogen-bond donors (Lipinski definition) is 3. The maximum atomic E-state index is 13.4. The molecule has 60 heavy (non-hydrogen) atoms. The van der Waals surface area contributed by atoms with E-state index in [2.05, 4.69) is 30.3 Å². The summed E-state index contributed by atoms with van der Waals surface area (Å²) < 4.78 is 0. The molecule has 18 heteroatoms. The number of benzene rings is 1. The maximum absolute atomic E-state index is 13.4. The number of fused-ring (bicyclic) bond motifs is 1. The maximum Gasteiger partial charge on any atom is 0.320 e. The van der Waals surface area contributed by atoms with Crippen LogP contribution in [0.1, 0.15) is 87.8 Å². The Labute approximate surface area is 347 Å². The Morgan fingerprint density at radius 2 is 1.67 bits per heavy atom. The van der Waals surface area contributed by atoms with Gasteiger partial charge in [0.05, 0.1) is 35.2 Å². The fourth-order valence-corrected chi connectivity index (χ4v) is 9.73. The van der Waals surface area contributed by atoms with Gasteiger partial charge in [-0.05, 0) is 87.9 Å². The molecule has 18 nitrogen and oxygen atoms in total. The Balaban J connectivity index is 0.771. The number of hydrogen-bond acceptors (Lipinski definition) is 13. The molecule has 2 aromatic heterocycles. The highest BCUT2D eigenvalue weighted by Crippen LogP contribution is 2.34. The number of nitrogens with one attached hydrogen (secondary N) is 2. The summed E-state index contributed by atoms with van der Waals surface area (Å²) >= 11 is 0. The Morgan fingerprint density at radius 3 is 2.40 bits per heavy atom. The Kier molecular flexibility index (Phi) is 10.6. The second kappa shape index (κ2) is 16.1. The van der Waals surface area contributed by atoms with Crippen molar-refractivity contribution in [2.75, 3.05) is 81.1 Å². The molecule has 0 spiro atoms. The van der Waals surface area contributed by atoms with Gasteiger partial charge >= 0.3 is 6.03 Å². The lowest BCUT2D eigenvalue weighted by Gasteiger charge is -2.37. The summed E-state index contributed by atoms with van der Waals surface area (Å²) in [5, 5.41) is 5.48. The van der Waals surface area contributed by atoms with Crippen LogP contribution in [0.25, 0.3) is 0 Å². The first-order valence-electron chi connectivity index (χ1n) is 21.0. The molecule has 314 valence electrons. The fraction of sp³-hybridized carbons (Fsp3) is 0.500. The Hall–Kier alpha value is -6.17. The van der Waals surface area contributed by atoms with E-state index in [4.69, 9.17) is 15.7 Å². The first-order valence-corrected chi connectivity index (χ1v) is 21.0. The molecule has 0 bridgehead atoms. The van der Waals surface area contributed by atoms with Crippen LogP contribution in [0.2, 0.25) is 0 Å². The minimum atomic E-state index is -0.981.